The number of benzene rings is 8. The molecule has 14 heteroatoms. The molecule has 0 spiro atoms. The summed E-state index contributed by atoms with van der Waals surface area (Å²) in [7, 11) is 0. The average molecular weight is 1130 g/mol. The Morgan fingerprint density at radius 3 is 0.702 bits per heavy atom. The molecule has 0 atom stereocenters. The molecule has 14 nitrogen and oxygen atoms in total. The fourth-order valence-electron chi connectivity index (χ4n) is 10.2. The van der Waals surface area contributed by atoms with Crippen molar-refractivity contribution < 1.29 is 66.5 Å². The molecular weight excluding hydrogens is 1060 g/mol. The second kappa shape index (κ2) is 29.7. The molecule has 0 aliphatic carbocycles. The monoisotopic (exact) mass is 1130 g/mol. The molecule has 8 bridgehead atoms. The van der Waals surface area contributed by atoms with E-state index in [9.17, 15) is 19.2 Å². The Bertz CT molecular complexity index is 3060. The zero-order valence-electron chi connectivity index (χ0n) is 47.8. The van der Waals surface area contributed by atoms with E-state index < -0.39 is 50.3 Å². The molecule has 8 aromatic rings. The van der Waals surface area contributed by atoms with E-state index in [0.29, 0.717) is 67.5 Å². The van der Waals surface area contributed by atoms with Gasteiger partial charge in [0, 0.05) is 35.1 Å². The van der Waals surface area contributed by atoms with Crippen molar-refractivity contribution in [1.82, 2.24) is 0 Å². The van der Waals surface area contributed by atoms with Crippen molar-refractivity contribution in [1.29, 1.82) is 0 Å². The maximum Gasteiger partial charge on any atom is 0.344 e. The molecule has 432 valence electrons. The third-order valence-electron chi connectivity index (χ3n) is 13.8. The minimum absolute atomic E-state index is 0.0300. The lowest BCUT2D eigenvalue weighted by Gasteiger charge is -2.23. The number of fused-ring (bicyclic) bond motifs is 8. The van der Waals surface area contributed by atoms with E-state index in [4.69, 9.17) is 47.4 Å². The quantitative estimate of drug-likeness (QED) is 0.0524. The van der Waals surface area contributed by atoms with Crippen molar-refractivity contribution in [2.24, 2.45) is 0 Å². The molecule has 1 heterocycles. The van der Waals surface area contributed by atoms with Gasteiger partial charge < -0.3 is 47.4 Å². The number of ether oxygens (including phenoxy) is 10. The summed E-state index contributed by atoms with van der Waals surface area (Å²) in [5, 5.41) is 0. The van der Waals surface area contributed by atoms with Gasteiger partial charge in [-0.2, -0.15) is 0 Å². The van der Waals surface area contributed by atoms with Crippen LogP contribution in [0.4, 0.5) is 0 Å². The number of carbonyl (C=O) groups excluding carboxylic acids is 4. The van der Waals surface area contributed by atoms with E-state index in [-0.39, 0.29) is 65.7 Å². The van der Waals surface area contributed by atoms with Crippen molar-refractivity contribution >= 4 is 23.9 Å². The molecule has 0 saturated heterocycles. The van der Waals surface area contributed by atoms with Gasteiger partial charge in [-0.25, -0.2) is 19.2 Å². The fraction of sp³-hybridized carbons (Fsp3) is 0.257. The summed E-state index contributed by atoms with van der Waals surface area (Å²) in [6.07, 6.45) is 0.334. The van der Waals surface area contributed by atoms with Gasteiger partial charge in [0.1, 0.15) is 23.0 Å². The molecule has 0 aromatic heterocycles. The number of hydrogen-bond donors (Lipinski definition) is 0. The third kappa shape index (κ3) is 15.6. The second-order valence-electron chi connectivity index (χ2n) is 19.7. The standard InChI is InChI=1S/C70H68O14/c1-5-77-63(71)43-81-67-55-29-51(47-21-13-9-14-22-47)33-59(67)39-75-40-60-35-53(49-25-17-11-18-26-49)31-57(69(60)83-45-65(73)79-7-3)38-58-32-54(50-27-19-12-20-28-50)36-62(70(58)84-46-66(74)80-8-4)42-76-41-61-34-52(48-23-15-10-16-24-48)30-56(37-55)68(61)82-44-64(72)78-6-2/h9-36H,5-8,37-46H2,1-4H3. The van der Waals surface area contributed by atoms with Gasteiger partial charge in [-0.15, -0.1) is 0 Å². The van der Waals surface area contributed by atoms with Crippen molar-refractivity contribution in [2.45, 2.75) is 67.0 Å². The lowest BCUT2D eigenvalue weighted by Crippen LogP contribution is -2.18. The van der Waals surface area contributed by atoms with Crippen LogP contribution in [-0.2, 0) is 86.9 Å². The lowest BCUT2D eigenvalue weighted by molar-refractivity contribution is -0.146. The fourth-order valence-corrected chi connectivity index (χ4v) is 10.2. The smallest absolute Gasteiger partial charge is 0.344 e. The molecule has 84 heavy (non-hydrogen) atoms. The van der Waals surface area contributed by atoms with Crippen molar-refractivity contribution in [3.05, 3.63) is 214 Å². The van der Waals surface area contributed by atoms with E-state index in [1.165, 1.54) is 0 Å². The van der Waals surface area contributed by atoms with Crippen LogP contribution in [0.3, 0.4) is 0 Å². The van der Waals surface area contributed by atoms with Crippen molar-refractivity contribution in [3.63, 3.8) is 0 Å². The van der Waals surface area contributed by atoms with Gasteiger partial charge in [0.05, 0.1) is 52.9 Å². The van der Waals surface area contributed by atoms with Crippen LogP contribution in [0.5, 0.6) is 23.0 Å². The summed E-state index contributed by atoms with van der Waals surface area (Å²) in [5.41, 5.74) is 12.2. The number of rotatable bonds is 20. The first kappa shape index (κ1) is 59.4. The Morgan fingerprint density at radius 2 is 0.500 bits per heavy atom. The first-order valence-electron chi connectivity index (χ1n) is 28.2. The first-order chi connectivity index (χ1) is 41.1. The number of hydrogen-bond acceptors (Lipinski definition) is 14. The van der Waals surface area contributed by atoms with Crippen LogP contribution in [-0.4, -0.2) is 76.7 Å². The Balaban J connectivity index is 1.31. The first-order valence-corrected chi connectivity index (χ1v) is 28.2. The van der Waals surface area contributed by atoms with Gasteiger partial charge in [0.2, 0.25) is 0 Å². The van der Waals surface area contributed by atoms with Gasteiger partial charge in [0.15, 0.2) is 26.4 Å². The number of esters is 4. The van der Waals surface area contributed by atoms with Gasteiger partial charge in [-0.1, -0.05) is 121 Å². The maximum atomic E-state index is 13.2. The SMILES string of the molecule is CCOC(=O)COc1c2cc(-c3ccccc3)cc1Cc1cc(-c3ccccc3)cc(c1OCC(=O)OCC)COCc1cc(-c3ccccc3)cc(c1OCC(=O)OCC)Cc1cc(-c3ccccc3)cc(c1OCC(=O)OCC)COC2. The van der Waals surface area contributed by atoms with Gasteiger partial charge in [-0.3, -0.25) is 0 Å². The van der Waals surface area contributed by atoms with E-state index >= 15 is 0 Å². The Labute approximate surface area is 490 Å². The summed E-state index contributed by atoms with van der Waals surface area (Å²) in [6, 6.07) is 55.7. The molecule has 1 aliphatic heterocycles. The topological polar surface area (TPSA) is 161 Å². The molecule has 0 saturated carbocycles. The summed E-state index contributed by atoms with van der Waals surface area (Å²) in [4.78, 5) is 53.0. The predicted molar refractivity (Wildman–Crippen MR) is 319 cm³/mol. The minimum atomic E-state index is -0.559. The zero-order chi connectivity index (χ0) is 58.6. The lowest BCUT2D eigenvalue weighted by atomic mass is 9.91. The summed E-state index contributed by atoms with van der Waals surface area (Å²) >= 11 is 0. The maximum absolute atomic E-state index is 13.2. The highest BCUT2D eigenvalue weighted by atomic mass is 16.6. The predicted octanol–water partition coefficient (Wildman–Crippen LogP) is 13.1. The van der Waals surface area contributed by atoms with Gasteiger partial charge in [0.25, 0.3) is 0 Å². The van der Waals surface area contributed by atoms with Crippen LogP contribution >= 0.6 is 0 Å². The van der Waals surface area contributed by atoms with Crippen LogP contribution in [0.15, 0.2) is 170 Å². The Morgan fingerprint density at radius 1 is 0.298 bits per heavy atom. The van der Waals surface area contributed by atoms with Crippen molar-refractivity contribution in [2.75, 3.05) is 52.9 Å². The third-order valence-corrected chi connectivity index (χ3v) is 13.8. The number of carbonyl (C=O) groups is 4. The molecule has 0 unspecified atom stereocenters. The highest BCUT2D eigenvalue weighted by molar-refractivity contribution is 5.76. The van der Waals surface area contributed by atoms with Crippen LogP contribution in [0.1, 0.15) is 72.2 Å². The molecule has 0 amide bonds. The van der Waals surface area contributed by atoms with E-state index in [1.54, 1.807) is 27.7 Å². The summed E-state index contributed by atoms with van der Waals surface area (Å²) < 4.78 is 61.7. The largest absolute Gasteiger partial charge is 0.481 e. The van der Waals surface area contributed by atoms with Crippen LogP contribution in [0, 0.1) is 0 Å². The van der Waals surface area contributed by atoms with Crippen LogP contribution in [0.2, 0.25) is 0 Å². The van der Waals surface area contributed by atoms with Gasteiger partial charge >= 0.3 is 23.9 Å². The second-order valence-corrected chi connectivity index (χ2v) is 19.7. The van der Waals surface area contributed by atoms with E-state index in [2.05, 4.69) is 0 Å². The molecule has 0 fully saturated rings. The molecular formula is C70H68O14. The molecule has 8 aromatic carbocycles. The highest BCUT2D eigenvalue weighted by Crippen LogP contribution is 2.42. The summed E-state index contributed by atoms with van der Waals surface area (Å²) in [6.45, 7) is 5.83. The van der Waals surface area contributed by atoms with E-state index in [1.807, 2.05) is 170 Å². The molecule has 0 radical (unpaired) electrons. The molecule has 0 N–H and O–H groups in total. The van der Waals surface area contributed by atoms with Crippen LogP contribution in [0.25, 0.3) is 44.5 Å². The Kier molecular flexibility index (Phi) is 21.0. The van der Waals surface area contributed by atoms with E-state index in [0.717, 1.165) is 44.5 Å². The van der Waals surface area contributed by atoms with Gasteiger partial charge in [-0.05, 0) is 143 Å². The highest BCUT2D eigenvalue weighted by Gasteiger charge is 2.25. The Hall–Kier alpha value is -9.24. The summed E-state index contributed by atoms with van der Waals surface area (Å²) in [5.74, 6) is -0.690. The van der Waals surface area contributed by atoms with Crippen molar-refractivity contribution in [3.8, 4) is 67.5 Å². The normalized spacial score (nSPS) is 12.2. The van der Waals surface area contributed by atoms with Crippen LogP contribution < -0.4 is 18.9 Å². The molecule has 9 rings (SSSR count). The average Bonchev–Trinajstić information content (AvgIpc) is 3.37. The minimum Gasteiger partial charge on any atom is -0.481 e. The molecule has 1 aliphatic rings. The zero-order valence-corrected chi connectivity index (χ0v) is 47.8.